The molecule has 4 N–H and O–H groups in total. The van der Waals surface area contributed by atoms with Gasteiger partial charge in [-0.2, -0.15) is 0 Å². The van der Waals surface area contributed by atoms with Crippen LogP contribution in [-0.2, 0) is 38.1 Å². The first-order valence-electron chi connectivity index (χ1n) is 38.9. The first-order valence-corrected chi connectivity index (χ1v) is 38.9. The Bertz CT molecular complexity index is 1530. The molecular formula is C77H148O12. The van der Waals surface area contributed by atoms with Gasteiger partial charge >= 0.3 is 35.6 Å². The van der Waals surface area contributed by atoms with E-state index in [1.165, 1.54) is 238 Å². The quantitative estimate of drug-likeness (QED) is 0.0257. The molecule has 0 aromatic carbocycles. The molecule has 0 aromatic heterocycles. The lowest BCUT2D eigenvalue weighted by atomic mass is 9.84. The van der Waals surface area contributed by atoms with Crippen LogP contribution in [-0.4, -0.2) is 68.0 Å². The molecule has 0 saturated heterocycles. The van der Waals surface area contributed by atoms with Crippen LogP contribution in [0.5, 0.6) is 0 Å². The molecule has 0 bridgehead atoms. The topological polar surface area (TPSA) is 186 Å². The van der Waals surface area contributed by atoms with Gasteiger partial charge in [-0.1, -0.05) is 381 Å². The number of hydrogen-bond donors (Lipinski definition) is 4. The molecule has 3 atom stereocenters. The van der Waals surface area contributed by atoms with Crippen LogP contribution >= 0.6 is 0 Å². The maximum absolute atomic E-state index is 15.1. The number of aliphatic hydroxyl groups is 4. The van der Waals surface area contributed by atoms with Gasteiger partial charge in [-0.25, -0.2) is 4.79 Å². The van der Waals surface area contributed by atoms with E-state index in [-0.39, 0.29) is 25.7 Å². The molecule has 0 aliphatic rings. The summed E-state index contributed by atoms with van der Waals surface area (Å²) in [6.07, 6.45) is 62.2. The minimum Gasteiger partial charge on any atom is -0.411 e. The van der Waals surface area contributed by atoms with E-state index in [9.17, 15) is 34.8 Å². The number of carbonyl (C=O) groups is 4. The van der Waals surface area contributed by atoms with Crippen LogP contribution in [0.2, 0.25) is 0 Å². The molecule has 0 heterocycles. The zero-order chi connectivity index (χ0) is 65.6. The van der Waals surface area contributed by atoms with Crippen molar-refractivity contribution in [1.82, 2.24) is 0 Å². The first kappa shape index (κ1) is 86.7. The average molecular weight is 1270 g/mol. The van der Waals surface area contributed by atoms with Crippen molar-refractivity contribution in [1.29, 1.82) is 0 Å². The fourth-order valence-corrected chi connectivity index (χ4v) is 12.6. The summed E-state index contributed by atoms with van der Waals surface area (Å²) in [6, 6.07) is 0. The second kappa shape index (κ2) is 61.9. The van der Waals surface area contributed by atoms with Crippen LogP contribution in [0.25, 0.3) is 0 Å². The zero-order valence-electron chi connectivity index (χ0n) is 59.6. The molecule has 12 nitrogen and oxygen atoms in total. The first-order chi connectivity index (χ1) is 43.1. The number of rotatable bonds is 70. The van der Waals surface area contributed by atoms with Crippen molar-refractivity contribution in [3.8, 4) is 0 Å². The monoisotopic (exact) mass is 1270 g/mol. The number of carbonyl (C=O) groups excluding carboxylic acids is 4. The Balaban J connectivity index is 6.28. The van der Waals surface area contributed by atoms with Crippen molar-refractivity contribution in [3.05, 3.63) is 0 Å². The molecular weight excluding hydrogens is 1120 g/mol. The number of ether oxygens (including phenoxy) is 4. The minimum atomic E-state index is -3.31. The van der Waals surface area contributed by atoms with Gasteiger partial charge in [0.15, 0.2) is 11.9 Å². The lowest BCUT2D eigenvalue weighted by Gasteiger charge is -2.42. The van der Waals surface area contributed by atoms with Crippen molar-refractivity contribution in [2.75, 3.05) is 0 Å². The Labute approximate surface area is 549 Å². The van der Waals surface area contributed by atoms with E-state index in [0.717, 1.165) is 104 Å². The third-order valence-corrected chi connectivity index (χ3v) is 18.5. The van der Waals surface area contributed by atoms with Crippen molar-refractivity contribution in [2.24, 2.45) is 5.92 Å². The summed E-state index contributed by atoms with van der Waals surface area (Å²) in [4.78, 5) is 57.0. The van der Waals surface area contributed by atoms with Crippen LogP contribution in [0.1, 0.15) is 440 Å². The lowest BCUT2D eigenvalue weighted by Crippen LogP contribution is -2.63. The number of esters is 4. The number of hydrogen-bond acceptors (Lipinski definition) is 12. The normalized spacial score (nSPS) is 13.3. The molecule has 0 spiro atoms. The van der Waals surface area contributed by atoms with Gasteiger partial charge < -0.3 is 39.4 Å². The minimum absolute atomic E-state index is 0.133. The summed E-state index contributed by atoms with van der Waals surface area (Å²) in [7, 11) is 0. The summed E-state index contributed by atoms with van der Waals surface area (Å²) in [5, 5.41) is 46.2. The van der Waals surface area contributed by atoms with Crippen LogP contribution in [0.15, 0.2) is 0 Å². The Morgan fingerprint density at radius 1 is 0.292 bits per heavy atom. The van der Waals surface area contributed by atoms with Gasteiger partial charge in [-0.05, 0) is 39.5 Å². The van der Waals surface area contributed by atoms with Crippen LogP contribution in [0.4, 0.5) is 0 Å². The van der Waals surface area contributed by atoms with Crippen LogP contribution < -0.4 is 0 Å². The van der Waals surface area contributed by atoms with Gasteiger partial charge in [-0.15, -0.1) is 0 Å². The predicted octanol–water partition coefficient (Wildman–Crippen LogP) is 22.5. The lowest BCUT2D eigenvalue weighted by molar-refractivity contribution is -0.375. The van der Waals surface area contributed by atoms with Crippen LogP contribution in [0, 0.1) is 5.92 Å². The number of aliphatic hydroxyl groups excluding tert-OH is 1. The number of unbranched alkanes of at least 4 members (excludes halogenated alkanes) is 54. The third-order valence-electron chi connectivity index (χ3n) is 18.5. The Morgan fingerprint density at radius 3 is 0.685 bits per heavy atom. The molecule has 0 radical (unpaired) electrons. The molecule has 0 aromatic rings. The van der Waals surface area contributed by atoms with Gasteiger partial charge in [0.2, 0.25) is 0 Å². The Kier molecular flexibility index (Phi) is 60.3. The SMILES string of the molecule is CCCCCCCCCCCCCCCCCC(=O)OC(O)(OC(=O)C(OC(=O)CCCCCCCCCCCCCCCCC)(OC(=O)CCCCCCCCCCCCCCCCC)C(CCCCCCCCCCCCCCC)C(C)(O)O)C(C)O. The molecule has 528 valence electrons. The molecule has 0 amide bonds. The molecule has 0 rings (SSSR count). The molecule has 0 fully saturated rings. The van der Waals surface area contributed by atoms with Crippen molar-refractivity contribution >= 4 is 23.9 Å². The summed E-state index contributed by atoms with van der Waals surface area (Å²) in [5.74, 6) is -15.5. The highest BCUT2D eigenvalue weighted by atomic mass is 16.9. The fourth-order valence-electron chi connectivity index (χ4n) is 12.6. The van der Waals surface area contributed by atoms with Crippen molar-refractivity contribution in [2.45, 2.75) is 463 Å². The summed E-state index contributed by atoms with van der Waals surface area (Å²) in [6.45, 7) is 11.1. The van der Waals surface area contributed by atoms with Crippen molar-refractivity contribution < 1.29 is 58.6 Å². The van der Waals surface area contributed by atoms with Gasteiger partial charge in [0, 0.05) is 19.3 Å². The van der Waals surface area contributed by atoms with E-state index in [2.05, 4.69) is 27.7 Å². The summed E-state index contributed by atoms with van der Waals surface area (Å²) in [5.41, 5.74) is 0. The smallest absolute Gasteiger partial charge is 0.400 e. The Hall–Kier alpha value is -2.28. The molecule has 89 heavy (non-hydrogen) atoms. The van der Waals surface area contributed by atoms with Gasteiger partial charge in [0.1, 0.15) is 5.92 Å². The van der Waals surface area contributed by atoms with Gasteiger partial charge in [-0.3, -0.25) is 14.4 Å². The molecule has 3 unspecified atom stereocenters. The summed E-state index contributed by atoms with van der Waals surface area (Å²) < 4.78 is 23.1. The van der Waals surface area contributed by atoms with E-state index in [1.54, 1.807) is 0 Å². The van der Waals surface area contributed by atoms with Crippen LogP contribution in [0.3, 0.4) is 0 Å². The second-order valence-electron chi connectivity index (χ2n) is 27.6. The predicted molar refractivity (Wildman–Crippen MR) is 369 cm³/mol. The fraction of sp³-hybridized carbons (Fsp3) is 0.948. The Morgan fingerprint density at radius 2 is 0.483 bits per heavy atom. The van der Waals surface area contributed by atoms with E-state index < -0.39 is 53.4 Å². The van der Waals surface area contributed by atoms with Gasteiger partial charge in [0.05, 0.1) is 0 Å². The largest absolute Gasteiger partial charge is 0.411 e. The third kappa shape index (κ3) is 51.8. The van der Waals surface area contributed by atoms with Crippen molar-refractivity contribution in [3.63, 3.8) is 0 Å². The highest BCUT2D eigenvalue weighted by Gasteiger charge is 2.63. The van der Waals surface area contributed by atoms with Gasteiger partial charge in [0.25, 0.3) is 0 Å². The second-order valence-corrected chi connectivity index (χ2v) is 27.6. The van der Waals surface area contributed by atoms with E-state index in [1.807, 2.05) is 0 Å². The maximum Gasteiger partial charge on any atom is 0.400 e. The molecule has 0 saturated carbocycles. The van der Waals surface area contributed by atoms with E-state index >= 15 is 4.79 Å². The highest BCUT2D eigenvalue weighted by Crippen LogP contribution is 2.40. The van der Waals surface area contributed by atoms with E-state index in [0.29, 0.717) is 44.9 Å². The summed E-state index contributed by atoms with van der Waals surface area (Å²) >= 11 is 0. The van der Waals surface area contributed by atoms with E-state index in [4.69, 9.17) is 18.9 Å². The molecule has 0 aliphatic heterocycles. The maximum atomic E-state index is 15.1. The highest BCUT2D eigenvalue weighted by molar-refractivity contribution is 5.86. The average Bonchev–Trinajstić information content (AvgIpc) is 2.36. The molecule has 0 aliphatic carbocycles. The standard InChI is InChI=1S/C77H148O12/c1-7-11-15-19-23-27-31-35-38-42-46-50-54-58-62-66-71(79)86-76(70(75(6,83)84)65-61-57-53-49-45-41-34-30-26-22-18-14-10-4,87-72(80)67-63-59-55-51-47-43-39-36-32-28-24-20-16-12-8-2)74(82)89-77(85,69(5)78)88-73(81)68-64-60-56-52-48-44-40-37-33-29-25-21-17-13-9-3/h69-70,78,83-85H,7-68H2,1-6H3. The molecule has 12 heteroatoms. The zero-order valence-corrected chi connectivity index (χ0v) is 59.6.